The van der Waals surface area contributed by atoms with E-state index in [1.54, 1.807) is 0 Å². The van der Waals surface area contributed by atoms with Crippen LogP contribution in [0.25, 0.3) is 0 Å². The first-order valence-electron chi connectivity index (χ1n) is 7.61. The van der Waals surface area contributed by atoms with E-state index >= 15 is 0 Å². The quantitative estimate of drug-likeness (QED) is 0.703. The highest BCUT2D eigenvalue weighted by Gasteiger charge is 2.32. The van der Waals surface area contributed by atoms with Gasteiger partial charge in [-0.1, -0.05) is 42.0 Å². The molecule has 1 saturated carbocycles. The van der Waals surface area contributed by atoms with E-state index in [0.717, 1.165) is 17.7 Å². The van der Waals surface area contributed by atoms with Gasteiger partial charge in [-0.2, -0.15) is 0 Å². The number of hydrogen-bond donors (Lipinski definition) is 0. The molecular weight excluding hydrogens is 296 g/mol. The van der Waals surface area contributed by atoms with Crippen molar-refractivity contribution >= 4 is 11.1 Å². The van der Waals surface area contributed by atoms with Gasteiger partial charge in [0.05, 0.1) is 18.8 Å². The van der Waals surface area contributed by atoms with Crippen LogP contribution in [0, 0.1) is 0 Å². The maximum atomic E-state index is 12.0. The molecule has 0 bridgehead atoms. The number of benzene rings is 1. The summed E-state index contributed by atoms with van der Waals surface area (Å²) in [5.41, 5.74) is 2.35. The molecule has 0 aromatic heterocycles. The summed E-state index contributed by atoms with van der Waals surface area (Å²) in [4.78, 5) is 0.745. The zero-order valence-electron chi connectivity index (χ0n) is 13.5. The number of allylic oxidation sites excluding steroid dienone is 4. The molecule has 1 aromatic rings. The third-order valence-corrected chi connectivity index (χ3v) is 4.63. The summed E-state index contributed by atoms with van der Waals surface area (Å²) in [5, 5.41) is 0. The number of hydrogen-bond acceptors (Lipinski definition) is 3. The summed E-state index contributed by atoms with van der Waals surface area (Å²) in [6.45, 7) is 6.47. The fraction of sp³-hybridized carbons (Fsp3) is 0.444. The highest BCUT2D eigenvalue weighted by atomic mass is 32.2. The van der Waals surface area contributed by atoms with Gasteiger partial charge in [-0.3, -0.25) is 4.18 Å². The fourth-order valence-electron chi connectivity index (χ4n) is 2.06. The van der Waals surface area contributed by atoms with Crippen LogP contribution < -0.4 is 0 Å². The Morgan fingerprint density at radius 2 is 1.82 bits per heavy atom. The molecule has 0 radical (unpaired) electrons. The Hall–Kier alpha value is -1.23. The highest BCUT2D eigenvalue weighted by Crippen LogP contribution is 2.28. The third kappa shape index (κ3) is 5.52. The lowest BCUT2D eigenvalue weighted by molar-refractivity contribution is -0.0645. The lowest BCUT2D eigenvalue weighted by atomic mass is 9.92. The zero-order chi connectivity index (χ0) is 15.9. The van der Waals surface area contributed by atoms with Crippen LogP contribution in [-0.4, -0.2) is 16.4 Å². The van der Waals surface area contributed by atoms with Gasteiger partial charge in [0.2, 0.25) is 0 Å². The normalized spacial score (nSPS) is 22.8. The summed E-state index contributed by atoms with van der Waals surface area (Å²) in [5.74, 6) is 0. The summed E-state index contributed by atoms with van der Waals surface area (Å²) in [6, 6.07) is 10.1. The molecule has 0 N–H and O–H groups in total. The van der Waals surface area contributed by atoms with Gasteiger partial charge in [-0.05, 0) is 32.4 Å². The molecule has 1 atom stereocenters. The van der Waals surface area contributed by atoms with Gasteiger partial charge >= 0.3 is 0 Å². The summed E-state index contributed by atoms with van der Waals surface area (Å²) in [7, 11) is 0. The van der Waals surface area contributed by atoms with Crippen LogP contribution >= 0.6 is 0 Å². The highest BCUT2D eigenvalue weighted by molar-refractivity contribution is 7.84. The van der Waals surface area contributed by atoms with Gasteiger partial charge in [-0.25, -0.2) is 4.21 Å². The molecule has 0 spiro atoms. The molecule has 4 heteroatoms. The number of ether oxygens (including phenoxy) is 1. The minimum Gasteiger partial charge on any atom is -0.373 e. The van der Waals surface area contributed by atoms with Crippen LogP contribution in [0.5, 0.6) is 0 Å². The van der Waals surface area contributed by atoms with E-state index < -0.39 is 11.1 Å². The summed E-state index contributed by atoms with van der Waals surface area (Å²) >= 11 is -1.35. The lowest BCUT2D eigenvalue weighted by Crippen LogP contribution is -2.37. The minimum absolute atomic E-state index is 0.0386. The van der Waals surface area contributed by atoms with E-state index in [9.17, 15) is 4.21 Å². The lowest BCUT2D eigenvalue weighted by Gasteiger charge is -2.34. The van der Waals surface area contributed by atoms with Gasteiger partial charge in [-0.15, -0.1) is 0 Å². The molecule has 1 aromatic carbocycles. The molecule has 2 rings (SSSR count). The van der Waals surface area contributed by atoms with Gasteiger partial charge in [0.15, 0.2) is 11.1 Å². The summed E-state index contributed by atoms with van der Waals surface area (Å²) in [6.07, 6.45) is 5.68. The molecule has 120 valence electrons. The molecule has 0 saturated heterocycles. The second-order valence-corrected chi connectivity index (χ2v) is 7.17. The maximum Gasteiger partial charge on any atom is 0.184 e. The molecule has 0 aliphatic heterocycles. The molecule has 1 aliphatic rings. The van der Waals surface area contributed by atoms with Crippen LogP contribution in [0.2, 0.25) is 0 Å². The first kappa shape index (κ1) is 17.1. The Kier molecular flexibility index (Phi) is 6.55. The Bertz CT molecular complexity index is 553. The molecule has 3 nitrogen and oxygen atoms in total. The average Bonchev–Trinajstić information content (AvgIpc) is 2.47. The van der Waals surface area contributed by atoms with Crippen molar-refractivity contribution in [2.45, 2.75) is 52.4 Å². The molecule has 1 fully saturated rings. The van der Waals surface area contributed by atoms with Crippen molar-refractivity contribution in [3.63, 3.8) is 0 Å². The van der Waals surface area contributed by atoms with Gasteiger partial charge < -0.3 is 4.74 Å². The Morgan fingerprint density at radius 1 is 1.14 bits per heavy atom. The molecule has 1 unspecified atom stereocenters. The monoisotopic (exact) mass is 320 g/mol. The van der Waals surface area contributed by atoms with Crippen molar-refractivity contribution < 1.29 is 13.1 Å². The topological polar surface area (TPSA) is 35.5 Å². The summed E-state index contributed by atoms with van der Waals surface area (Å²) < 4.78 is 23.4. The van der Waals surface area contributed by atoms with E-state index in [2.05, 4.69) is 12.1 Å². The van der Waals surface area contributed by atoms with Crippen molar-refractivity contribution in [1.29, 1.82) is 0 Å². The second kappa shape index (κ2) is 8.42. The van der Waals surface area contributed by atoms with E-state index in [1.165, 1.54) is 11.1 Å². The molecule has 0 amide bonds. The smallest absolute Gasteiger partial charge is 0.184 e. The van der Waals surface area contributed by atoms with Crippen molar-refractivity contribution in [3.8, 4) is 0 Å². The van der Waals surface area contributed by atoms with Crippen LogP contribution in [-0.2, 0) is 26.6 Å². The molecule has 1 aliphatic carbocycles. The van der Waals surface area contributed by atoms with Gasteiger partial charge in [0, 0.05) is 17.7 Å². The average molecular weight is 320 g/mol. The van der Waals surface area contributed by atoms with Crippen molar-refractivity contribution in [3.05, 3.63) is 58.5 Å². The van der Waals surface area contributed by atoms with Crippen LogP contribution in [0.4, 0.5) is 0 Å². The molecular formula is C18H24O3S. The zero-order valence-corrected chi connectivity index (χ0v) is 14.3. The second-order valence-electron chi connectivity index (χ2n) is 5.86. The van der Waals surface area contributed by atoms with Crippen LogP contribution in [0.15, 0.2) is 53.0 Å². The van der Waals surface area contributed by atoms with Crippen LogP contribution in [0.1, 0.15) is 39.2 Å². The van der Waals surface area contributed by atoms with Crippen LogP contribution in [0.3, 0.4) is 0 Å². The Morgan fingerprint density at radius 3 is 2.45 bits per heavy atom. The number of rotatable bonds is 7. The Labute approximate surface area is 135 Å². The van der Waals surface area contributed by atoms with Crippen molar-refractivity contribution in [2.24, 2.45) is 0 Å². The predicted octanol–water partition coefficient (Wildman–Crippen LogP) is 4.28. The Balaban J connectivity index is 1.68. The maximum absolute atomic E-state index is 12.0. The molecule has 22 heavy (non-hydrogen) atoms. The minimum atomic E-state index is -1.35. The van der Waals surface area contributed by atoms with Gasteiger partial charge in [0.25, 0.3) is 0 Å². The van der Waals surface area contributed by atoms with E-state index in [0.29, 0.717) is 6.61 Å². The van der Waals surface area contributed by atoms with Crippen molar-refractivity contribution in [2.75, 3.05) is 0 Å². The van der Waals surface area contributed by atoms with E-state index in [1.807, 2.05) is 51.1 Å². The fourth-order valence-corrected chi connectivity index (χ4v) is 2.79. The van der Waals surface area contributed by atoms with Gasteiger partial charge in [0.1, 0.15) is 0 Å². The first-order valence-corrected chi connectivity index (χ1v) is 8.68. The first-order chi connectivity index (χ1) is 10.5. The molecule has 0 heterocycles. The van der Waals surface area contributed by atoms with E-state index in [-0.39, 0.29) is 12.2 Å². The third-order valence-electron chi connectivity index (χ3n) is 3.52. The van der Waals surface area contributed by atoms with E-state index in [4.69, 9.17) is 8.92 Å². The SMILES string of the molecule is CC(C)=C/C=C(\C)S(=O)OC1CC(OCc2ccccc2)C1. The van der Waals surface area contributed by atoms with Crippen molar-refractivity contribution in [1.82, 2.24) is 0 Å². The largest absolute Gasteiger partial charge is 0.373 e. The standard InChI is InChI=1S/C18H24O3S/c1-14(2)9-10-15(3)22(19)21-18-11-17(12-18)20-13-16-7-5-4-6-8-16/h4-10,17-18H,11-13H2,1-3H3/b15-10+. The predicted molar refractivity (Wildman–Crippen MR) is 90.5 cm³/mol.